The number of rotatable bonds is 5. The summed E-state index contributed by atoms with van der Waals surface area (Å²) in [5, 5.41) is 0. The highest BCUT2D eigenvalue weighted by Crippen LogP contribution is 2.28. The van der Waals surface area contributed by atoms with Crippen molar-refractivity contribution in [1.29, 1.82) is 0 Å². The van der Waals surface area contributed by atoms with Crippen molar-refractivity contribution in [1.82, 2.24) is 0 Å². The number of esters is 1. The SMILES string of the molecule is O=C(C=Cc1ccc(N2CCCC2=O)cc1)OCC1CC1. The van der Waals surface area contributed by atoms with Gasteiger partial charge in [-0.05, 0) is 49.0 Å². The van der Waals surface area contributed by atoms with E-state index in [1.165, 1.54) is 18.9 Å². The van der Waals surface area contributed by atoms with Crippen molar-refractivity contribution < 1.29 is 14.3 Å². The zero-order valence-corrected chi connectivity index (χ0v) is 12.0. The van der Waals surface area contributed by atoms with Crippen LogP contribution in [-0.2, 0) is 14.3 Å². The summed E-state index contributed by atoms with van der Waals surface area (Å²) in [6.07, 6.45) is 7.10. The van der Waals surface area contributed by atoms with E-state index in [2.05, 4.69) is 0 Å². The fourth-order valence-electron chi connectivity index (χ4n) is 2.38. The molecule has 3 rings (SSSR count). The molecule has 0 atom stereocenters. The molecule has 2 fully saturated rings. The minimum Gasteiger partial charge on any atom is -0.462 e. The highest BCUT2D eigenvalue weighted by atomic mass is 16.5. The van der Waals surface area contributed by atoms with Crippen LogP contribution in [0.1, 0.15) is 31.2 Å². The van der Waals surface area contributed by atoms with Gasteiger partial charge in [-0.2, -0.15) is 0 Å². The van der Waals surface area contributed by atoms with E-state index < -0.39 is 0 Å². The van der Waals surface area contributed by atoms with E-state index in [0.717, 1.165) is 24.2 Å². The maximum atomic E-state index is 11.7. The van der Waals surface area contributed by atoms with Gasteiger partial charge < -0.3 is 9.64 Å². The van der Waals surface area contributed by atoms with Gasteiger partial charge in [-0.3, -0.25) is 4.79 Å². The van der Waals surface area contributed by atoms with Gasteiger partial charge in [0.2, 0.25) is 5.91 Å². The smallest absolute Gasteiger partial charge is 0.330 e. The molecule has 1 aromatic carbocycles. The van der Waals surface area contributed by atoms with Crippen LogP contribution in [0.2, 0.25) is 0 Å². The maximum absolute atomic E-state index is 11.7. The largest absolute Gasteiger partial charge is 0.462 e. The molecule has 1 heterocycles. The van der Waals surface area contributed by atoms with Crippen molar-refractivity contribution in [3.8, 4) is 0 Å². The van der Waals surface area contributed by atoms with Crippen molar-refractivity contribution >= 4 is 23.6 Å². The number of hydrogen-bond donors (Lipinski definition) is 0. The van der Waals surface area contributed by atoms with Gasteiger partial charge in [0.25, 0.3) is 0 Å². The van der Waals surface area contributed by atoms with Crippen LogP contribution < -0.4 is 4.90 Å². The molecule has 0 unspecified atom stereocenters. The van der Waals surface area contributed by atoms with E-state index in [-0.39, 0.29) is 11.9 Å². The average Bonchev–Trinajstić information content (AvgIpc) is 3.24. The molecular weight excluding hydrogens is 266 g/mol. The summed E-state index contributed by atoms with van der Waals surface area (Å²) in [6.45, 7) is 1.33. The quantitative estimate of drug-likeness (QED) is 0.617. The lowest BCUT2D eigenvalue weighted by Crippen LogP contribution is -2.23. The Morgan fingerprint density at radius 2 is 2.05 bits per heavy atom. The van der Waals surface area contributed by atoms with Crippen LogP contribution in [0.25, 0.3) is 6.08 Å². The highest BCUT2D eigenvalue weighted by molar-refractivity contribution is 5.95. The fraction of sp³-hybridized carbons (Fsp3) is 0.412. The van der Waals surface area contributed by atoms with E-state index in [9.17, 15) is 9.59 Å². The van der Waals surface area contributed by atoms with Gasteiger partial charge in [-0.1, -0.05) is 12.1 Å². The Morgan fingerprint density at radius 1 is 1.29 bits per heavy atom. The summed E-state index contributed by atoms with van der Waals surface area (Å²) in [5.74, 6) is 0.474. The van der Waals surface area contributed by atoms with Crippen molar-refractivity contribution in [3.05, 3.63) is 35.9 Å². The zero-order valence-electron chi connectivity index (χ0n) is 12.0. The number of anilines is 1. The molecule has 4 heteroatoms. The van der Waals surface area contributed by atoms with Gasteiger partial charge in [-0.15, -0.1) is 0 Å². The lowest BCUT2D eigenvalue weighted by Gasteiger charge is -2.15. The van der Waals surface area contributed by atoms with Crippen LogP contribution in [-0.4, -0.2) is 25.0 Å². The van der Waals surface area contributed by atoms with Gasteiger partial charge in [0.1, 0.15) is 0 Å². The number of nitrogens with zero attached hydrogens (tertiary/aromatic N) is 1. The zero-order chi connectivity index (χ0) is 14.7. The van der Waals surface area contributed by atoms with Crippen LogP contribution in [0.4, 0.5) is 5.69 Å². The summed E-state index contributed by atoms with van der Waals surface area (Å²) in [6, 6.07) is 7.65. The van der Waals surface area contributed by atoms with E-state index in [4.69, 9.17) is 4.74 Å². The molecule has 0 spiro atoms. The van der Waals surface area contributed by atoms with Gasteiger partial charge in [-0.25, -0.2) is 4.79 Å². The third kappa shape index (κ3) is 3.72. The van der Waals surface area contributed by atoms with Crippen LogP contribution in [0.15, 0.2) is 30.3 Å². The molecule has 0 N–H and O–H groups in total. The predicted molar refractivity (Wildman–Crippen MR) is 80.7 cm³/mol. The molecule has 0 radical (unpaired) electrons. The summed E-state index contributed by atoms with van der Waals surface area (Å²) in [5.41, 5.74) is 1.85. The Kier molecular flexibility index (Phi) is 4.04. The highest BCUT2D eigenvalue weighted by Gasteiger charge is 2.22. The van der Waals surface area contributed by atoms with E-state index >= 15 is 0 Å². The van der Waals surface area contributed by atoms with Crippen molar-refractivity contribution in [2.45, 2.75) is 25.7 Å². The minimum atomic E-state index is -0.291. The van der Waals surface area contributed by atoms with Gasteiger partial charge in [0.15, 0.2) is 0 Å². The molecule has 0 bridgehead atoms. The molecule has 0 aromatic heterocycles. The lowest BCUT2D eigenvalue weighted by molar-refractivity contribution is -0.138. The molecule has 110 valence electrons. The molecule has 1 saturated heterocycles. The number of benzene rings is 1. The first-order valence-electron chi connectivity index (χ1n) is 7.47. The van der Waals surface area contributed by atoms with E-state index in [1.807, 2.05) is 24.3 Å². The first-order chi connectivity index (χ1) is 10.2. The van der Waals surface area contributed by atoms with Crippen molar-refractivity contribution in [3.63, 3.8) is 0 Å². The van der Waals surface area contributed by atoms with Crippen molar-refractivity contribution in [2.75, 3.05) is 18.1 Å². The Hall–Kier alpha value is -2.10. The number of carbonyl (C=O) groups is 2. The Labute approximate surface area is 124 Å². The molecule has 1 aliphatic heterocycles. The molecule has 1 saturated carbocycles. The monoisotopic (exact) mass is 285 g/mol. The topological polar surface area (TPSA) is 46.6 Å². The van der Waals surface area contributed by atoms with Gasteiger partial charge >= 0.3 is 5.97 Å². The second kappa shape index (κ2) is 6.12. The first kappa shape index (κ1) is 13.9. The fourth-order valence-corrected chi connectivity index (χ4v) is 2.38. The summed E-state index contributed by atoms with van der Waals surface area (Å²) >= 11 is 0. The second-order valence-corrected chi connectivity index (χ2v) is 5.65. The Bertz CT molecular complexity index is 558. The minimum absolute atomic E-state index is 0.182. The molecule has 21 heavy (non-hydrogen) atoms. The van der Waals surface area contributed by atoms with Gasteiger partial charge in [0, 0.05) is 24.7 Å². The second-order valence-electron chi connectivity index (χ2n) is 5.65. The predicted octanol–water partition coefficient (Wildman–Crippen LogP) is 2.78. The maximum Gasteiger partial charge on any atom is 0.330 e. The molecule has 2 aliphatic rings. The number of ether oxygens (including phenoxy) is 1. The van der Waals surface area contributed by atoms with E-state index in [1.54, 1.807) is 11.0 Å². The Morgan fingerprint density at radius 3 is 2.67 bits per heavy atom. The van der Waals surface area contributed by atoms with Crippen molar-refractivity contribution in [2.24, 2.45) is 5.92 Å². The summed E-state index contributed by atoms with van der Waals surface area (Å²) < 4.78 is 5.13. The normalized spacial score (nSPS) is 18.5. The molecular formula is C17H19NO3. The number of carbonyl (C=O) groups excluding carboxylic acids is 2. The van der Waals surface area contributed by atoms with E-state index in [0.29, 0.717) is 18.9 Å². The average molecular weight is 285 g/mol. The first-order valence-corrected chi connectivity index (χ1v) is 7.47. The molecule has 4 nitrogen and oxygen atoms in total. The summed E-state index contributed by atoms with van der Waals surface area (Å²) in [7, 11) is 0. The number of hydrogen-bond acceptors (Lipinski definition) is 3. The molecule has 1 aromatic rings. The molecule has 1 amide bonds. The third-order valence-electron chi connectivity index (χ3n) is 3.85. The Balaban J connectivity index is 1.55. The number of amides is 1. The van der Waals surface area contributed by atoms with Gasteiger partial charge in [0.05, 0.1) is 6.61 Å². The van der Waals surface area contributed by atoms with Crippen LogP contribution in [0.3, 0.4) is 0 Å². The molecule has 1 aliphatic carbocycles. The lowest BCUT2D eigenvalue weighted by atomic mass is 10.2. The van der Waals surface area contributed by atoms with Crippen LogP contribution in [0.5, 0.6) is 0 Å². The van der Waals surface area contributed by atoms with Crippen LogP contribution in [0, 0.1) is 5.92 Å². The standard InChI is InChI=1S/C17H19NO3/c19-16-2-1-11-18(16)15-8-5-13(6-9-15)7-10-17(20)21-12-14-3-4-14/h5-10,14H,1-4,11-12H2. The third-order valence-corrected chi connectivity index (χ3v) is 3.85. The van der Waals surface area contributed by atoms with Crippen LogP contribution >= 0.6 is 0 Å². The summed E-state index contributed by atoms with van der Waals surface area (Å²) in [4.78, 5) is 25.0.